The highest BCUT2D eigenvalue weighted by Crippen LogP contribution is 2.34. The van der Waals surface area contributed by atoms with E-state index < -0.39 is 45.6 Å². The number of anilines is 4. The van der Waals surface area contributed by atoms with Gasteiger partial charge in [-0.1, -0.05) is 0 Å². The van der Waals surface area contributed by atoms with Crippen molar-refractivity contribution in [1.82, 2.24) is 25.3 Å². The van der Waals surface area contributed by atoms with Crippen LogP contribution in [0.2, 0.25) is 0 Å². The Kier molecular flexibility index (Phi) is 6.56. The van der Waals surface area contributed by atoms with Crippen LogP contribution < -0.4 is 20.3 Å². The van der Waals surface area contributed by atoms with Crippen LogP contribution in [-0.2, 0) is 22.7 Å². The van der Waals surface area contributed by atoms with Crippen molar-refractivity contribution >= 4 is 39.2 Å². The number of amides is 1. The summed E-state index contributed by atoms with van der Waals surface area (Å²) in [5, 5.41) is 7.19. The summed E-state index contributed by atoms with van der Waals surface area (Å²) in [6.45, 7) is -2.86. The number of nitrogens with zero attached hydrogens (tertiary/aromatic N) is 5. The number of benzene rings is 1. The lowest BCUT2D eigenvalue weighted by molar-refractivity contribution is -0.137. The molecule has 11 nitrogen and oxygen atoms in total. The van der Waals surface area contributed by atoms with Gasteiger partial charge in [-0.05, 0) is 24.3 Å². The minimum absolute atomic E-state index is 0.313. The number of rotatable bonds is 8. The normalized spacial score (nSPS) is 12.9. The first-order chi connectivity index (χ1) is 17.1. The molecule has 1 amide bonds. The fraction of sp³-hybridized carbons (Fsp3) is 0.250. The molecular formula is C20H21F3N8O3S. The fourth-order valence-corrected chi connectivity index (χ4v) is 3.10. The zero-order chi connectivity index (χ0) is 27.6. The van der Waals surface area contributed by atoms with Gasteiger partial charge in [0.15, 0.2) is 5.82 Å². The molecule has 0 aliphatic carbocycles. The summed E-state index contributed by atoms with van der Waals surface area (Å²) in [6.07, 6.45) is -1.47. The maximum Gasteiger partial charge on any atom is 0.421 e. The van der Waals surface area contributed by atoms with Gasteiger partial charge in [0.2, 0.25) is 16.0 Å². The van der Waals surface area contributed by atoms with Crippen molar-refractivity contribution in [3.8, 4) is 0 Å². The van der Waals surface area contributed by atoms with Gasteiger partial charge in [-0.25, -0.2) is 18.4 Å². The van der Waals surface area contributed by atoms with Crippen LogP contribution in [0.4, 0.5) is 36.4 Å². The largest absolute Gasteiger partial charge is 0.421 e. The van der Waals surface area contributed by atoms with Crippen molar-refractivity contribution in [2.75, 3.05) is 35.3 Å². The Hall–Kier alpha value is -4.01. The quantitative estimate of drug-likeness (QED) is 0.415. The van der Waals surface area contributed by atoms with Crippen molar-refractivity contribution in [2.45, 2.75) is 12.7 Å². The number of halogens is 3. The molecule has 0 atom stereocenters. The molecule has 3 rings (SSSR count). The number of aromatic nitrogens is 4. The lowest BCUT2D eigenvalue weighted by Gasteiger charge is -2.19. The van der Waals surface area contributed by atoms with Gasteiger partial charge in [-0.2, -0.15) is 18.2 Å². The van der Waals surface area contributed by atoms with Crippen LogP contribution in [0.25, 0.3) is 0 Å². The second-order valence-electron chi connectivity index (χ2n) is 6.94. The minimum Gasteiger partial charge on any atom is -0.364 e. The van der Waals surface area contributed by atoms with Crippen LogP contribution in [0, 0.1) is 0 Å². The van der Waals surface area contributed by atoms with E-state index in [0.29, 0.717) is 21.8 Å². The van der Waals surface area contributed by atoms with Crippen LogP contribution >= 0.6 is 0 Å². The highest BCUT2D eigenvalue weighted by Gasteiger charge is 2.35. The van der Waals surface area contributed by atoms with Crippen molar-refractivity contribution in [3.05, 3.63) is 59.7 Å². The molecule has 0 fully saturated rings. The summed E-state index contributed by atoms with van der Waals surface area (Å²) in [4.78, 5) is 26.8. The third-order valence-corrected chi connectivity index (χ3v) is 5.67. The van der Waals surface area contributed by atoms with E-state index in [9.17, 15) is 26.4 Å². The van der Waals surface area contributed by atoms with Gasteiger partial charge in [0.1, 0.15) is 17.1 Å². The second-order valence-corrected chi connectivity index (χ2v) is 8.96. The summed E-state index contributed by atoms with van der Waals surface area (Å²) in [5.41, 5.74) is -1.28. The Bertz CT molecular complexity index is 1410. The van der Waals surface area contributed by atoms with Gasteiger partial charge in [0, 0.05) is 43.9 Å². The molecule has 186 valence electrons. The SMILES string of the molecule is [2H]C([2H])(Nc1nc(Nc2ccc(C(=O)NC)cc2)ncc1C(F)(F)F)c1nccnc1N(C)S(C)(=O)=O. The van der Waals surface area contributed by atoms with E-state index in [1.165, 1.54) is 31.3 Å². The molecule has 0 bridgehead atoms. The number of carbonyl (C=O) groups is 1. The van der Waals surface area contributed by atoms with Crippen molar-refractivity contribution < 1.29 is 29.1 Å². The molecule has 3 N–H and O–H groups in total. The predicted molar refractivity (Wildman–Crippen MR) is 123 cm³/mol. The Balaban J connectivity index is 2.00. The summed E-state index contributed by atoms with van der Waals surface area (Å²) >= 11 is 0. The van der Waals surface area contributed by atoms with Crippen molar-refractivity contribution in [1.29, 1.82) is 0 Å². The van der Waals surface area contributed by atoms with Gasteiger partial charge in [0.05, 0.1) is 15.5 Å². The molecule has 0 radical (unpaired) electrons. The number of carbonyl (C=O) groups excluding carboxylic acids is 1. The predicted octanol–water partition coefficient (Wildman–Crippen LogP) is 2.40. The monoisotopic (exact) mass is 512 g/mol. The van der Waals surface area contributed by atoms with Crippen LogP contribution in [0.5, 0.6) is 0 Å². The Morgan fingerprint density at radius 1 is 1.14 bits per heavy atom. The number of hydrogen-bond donors (Lipinski definition) is 3. The van der Waals surface area contributed by atoms with Crippen LogP contribution in [-0.4, -0.2) is 54.6 Å². The van der Waals surface area contributed by atoms with Gasteiger partial charge >= 0.3 is 6.18 Å². The third kappa shape index (κ3) is 6.32. The lowest BCUT2D eigenvalue weighted by Crippen LogP contribution is -2.27. The lowest BCUT2D eigenvalue weighted by atomic mass is 10.2. The highest BCUT2D eigenvalue weighted by atomic mass is 32.2. The summed E-state index contributed by atoms with van der Waals surface area (Å²) in [5.74, 6) is -2.02. The van der Waals surface area contributed by atoms with E-state index in [-0.39, 0.29) is 11.9 Å². The molecular weight excluding hydrogens is 489 g/mol. The molecule has 15 heteroatoms. The summed E-state index contributed by atoms with van der Waals surface area (Å²) in [6, 6.07) is 5.89. The standard InChI is InChI=1S/C20H21F3N8O3S/c1-24-18(32)12-4-6-13(7-5-12)29-19-28-10-14(20(21,22)23)16(30-19)27-11-15-17(26-9-8-25-15)31(2)35(3,33)34/h4-10H,11H2,1-3H3,(H,24,32)(H2,27,28,29,30)/i11D2. The zero-order valence-corrected chi connectivity index (χ0v) is 19.4. The first kappa shape index (κ1) is 22.8. The average molecular weight is 513 g/mol. The number of nitrogens with one attached hydrogen (secondary N) is 3. The van der Waals surface area contributed by atoms with Gasteiger partial charge in [-0.15, -0.1) is 0 Å². The summed E-state index contributed by atoms with van der Waals surface area (Å²) < 4.78 is 82.4. The Labute approximate surface area is 201 Å². The van der Waals surface area contributed by atoms with E-state index in [1.807, 2.05) is 0 Å². The molecule has 2 aromatic heterocycles. The number of sulfonamides is 1. The molecule has 0 saturated carbocycles. The van der Waals surface area contributed by atoms with E-state index in [0.717, 1.165) is 25.7 Å². The number of hydrogen-bond acceptors (Lipinski definition) is 9. The maximum absolute atomic E-state index is 13.7. The van der Waals surface area contributed by atoms with Crippen LogP contribution in [0.15, 0.2) is 42.9 Å². The first-order valence-corrected chi connectivity index (χ1v) is 11.6. The molecule has 0 unspecified atom stereocenters. The molecule has 35 heavy (non-hydrogen) atoms. The molecule has 0 spiro atoms. The zero-order valence-electron chi connectivity index (χ0n) is 20.5. The van der Waals surface area contributed by atoms with Crippen LogP contribution in [0.3, 0.4) is 0 Å². The average Bonchev–Trinajstić information content (AvgIpc) is 2.82. The smallest absolute Gasteiger partial charge is 0.364 e. The van der Waals surface area contributed by atoms with E-state index in [2.05, 4.69) is 35.9 Å². The van der Waals surface area contributed by atoms with Crippen molar-refractivity contribution in [2.24, 2.45) is 0 Å². The van der Waals surface area contributed by atoms with Crippen LogP contribution in [0.1, 0.15) is 24.4 Å². The first-order valence-electron chi connectivity index (χ1n) is 10.7. The van der Waals surface area contributed by atoms with Gasteiger partial charge < -0.3 is 16.0 Å². The van der Waals surface area contributed by atoms with E-state index >= 15 is 0 Å². The van der Waals surface area contributed by atoms with E-state index in [4.69, 9.17) is 2.74 Å². The minimum atomic E-state index is -4.96. The topological polar surface area (TPSA) is 142 Å². The third-order valence-electron chi connectivity index (χ3n) is 4.50. The molecule has 0 aliphatic rings. The van der Waals surface area contributed by atoms with E-state index in [1.54, 1.807) is 0 Å². The summed E-state index contributed by atoms with van der Waals surface area (Å²) in [7, 11) is -1.34. The molecule has 0 saturated heterocycles. The molecule has 3 aromatic rings. The maximum atomic E-state index is 13.7. The molecule has 2 heterocycles. The molecule has 0 aliphatic heterocycles. The number of alkyl halides is 3. The Morgan fingerprint density at radius 2 is 1.80 bits per heavy atom. The molecule has 1 aromatic carbocycles. The van der Waals surface area contributed by atoms with Crippen molar-refractivity contribution in [3.63, 3.8) is 0 Å². The van der Waals surface area contributed by atoms with Gasteiger partial charge in [-0.3, -0.25) is 14.1 Å². The van der Waals surface area contributed by atoms with Gasteiger partial charge in [0.25, 0.3) is 5.91 Å². The highest BCUT2D eigenvalue weighted by molar-refractivity contribution is 7.92. The Morgan fingerprint density at radius 3 is 2.40 bits per heavy atom. The fourth-order valence-electron chi connectivity index (χ4n) is 2.65. The second kappa shape index (κ2) is 10.1.